The summed E-state index contributed by atoms with van der Waals surface area (Å²) < 4.78 is 8.53. The van der Waals surface area contributed by atoms with Gasteiger partial charge in [0.05, 0.1) is 0 Å². The fraction of sp³-hybridized carbons (Fsp3) is 0.667. The Labute approximate surface area is 69.1 Å². The van der Waals surface area contributed by atoms with Crippen LogP contribution in [0.2, 0.25) is 0 Å². The van der Waals surface area contributed by atoms with E-state index in [1.54, 1.807) is 0 Å². The first kappa shape index (κ1) is 8.26. The summed E-state index contributed by atoms with van der Waals surface area (Å²) in [6, 6.07) is 0. The van der Waals surface area contributed by atoms with E-state index in [9.17, 15) is 0 Å². The fourth-order valence-electron chi connectivity index (χ4n) is 0.820. The summed E-state index contributed by atoms with van der Waals surface area (Å²) in [5.41, 5.74) is 0. The highest BCUT2D eigenvalue weighted by molar-refractivity contribution is 6.17. The molecule has 0 aliphatic rings. The lowest BCUT2D eigenvalue weighted by atomic mass is 10.5. The van der Waals surface area contributed by atoms with Crippen molar-refractivity contribution in [3.8, 4) is 0 Å². The number of rotatable bonds is 2. The lowest BCUT2D eigenvalue weighted by Crippen LogP contribution is -2.16. The smallest absolute Gasteiger partial charge is 0.355 e. The number of hydrogen-bond acceptors (Lipinski definition) is 4. The van der Waals surface area contributed by atoms with Gasteiger partial charge in [0.15, 0.2) is 0 Å². The molecule has 0 saturated heterocycles. The minimum Gasteiger partial charge on any atom is -0.355 e. The molecule has 0 spiro atoms. The quantitative estimate of drug-likeness (QED) is 0.566. The second-order valence-corrected chi connectivity index (χ2v) is 3.41. The van der Waals surface area contributed by atoms with Crippen LogP contribution in [0.3, 0.4) is 0 Å². The molecule has 1 rings (SSSR count). The number of hydrogen-bond donors (Lipinski definition) is 0. The van der Waals surface area contributed by atoms with Crippen molar-refractivity contribution in [3.05, 3.63) is 0 Å². The topological polar surface area (TPSA) is 32.3 Å². The van der Waals surface area contributed by atoms with Gasteiger partial charge in [-0.3, -0.25) is 0 Å². The second kappa shape index (κ2) is 3.04. The maximum absolute atomic E-state index is 4.26. The maximum atomic E-state index is 4.26. The Hall–Kier alpha value is -0.843. The lowest BCUT2D eigenvalue weighted by molar-refractivity contribution is 1.04. The van der Waals surface area contributed by atoms with Crippen LogP contribution in [0.4, 0.5) is 11.6 Å². The van der Waals surface area contributed by atoms with Crippen LogP contribution in [0.25, 0.3) is 0 Å². The minimum absolute atomic E-state index is 0.347. The molecule has 0 aromatic carbocycles. The summed E-state index contributed by atoms with van der Waals surface area (Å²) in [6.07, 6.45) is 0. The summed E-state index contributed by atoms with van der Waals surface area (Å²) in [7, 11) is 8.27. The molecule has 1 aromatic heterocycles. The zero-order valence-electron chi connectivity index (χ0n) is 7.29. The first-order valence-electron chi connectivity index (χ1n) is 3.38. The molecule has 0 unspecified atom stereocenters. The van der Waals surface area contributed by atoms with Crippen LogP contribution < -0.4 is 9.80 Å². The van der Waals surface area contributed by atoms with Crippen LogP contribution in [-0.2, 0) is 0 Å². The monoisotopic (exact) mass is 168 g/mol. The van der Waals surface area contributed by atoms with E-state index in [1.807, 2.05) is 38.0 Å². The molecule has 0 N–H and O–H groups in total. The summed E-state index contributed by atoms with van der Waals surface area (Å²) in [4.78, 5) is 3.97. The summed E-state index contributed by atoms with van der Waals surface area (Å²) in [5, 5.41) is 0. The molecule has 4 nitrogen and oxygen atoms in total. The maximum Gasteiger partial charge on any atom is 1.37 e. The SMILES string of the molecule is CN(C)c1n[si+2]nc1N(C)C. The van der Waals surface area contributed by atoms with Gasteiger partial charge >= 0.3 is 9.46 Å². The third kappa shape index (κ3) is 1.59. The molecular formula is C6H12N4Si+2. The predicted molar refractivity (Wildman–Crippen MR) is 47.6 cm³/mol. The van der Waals surface area contributed by atoms with Crippen molar-refractivity contribution in [3.63, 3.8) is 0 Å². The summed E-state index contributed by atoms with van der Waals surface area (Å²) in [6.45, 7) is 0. The van der Waals surface area contributed by atoms with Gasteiger partial charge < -0.3 is 9.80 Å². The number of anilines is 2. The van der Waals surface area contributed by atoms with Crippen LogP contribution in [0, 0.1) is 0 Å². The van der Waals surface area contributed by atoms with Crippen LogP contribution in [0.15, 0.2) is 0 Å². The Balaban J connectivity index is 2.96. The Morgan fingerprint density at radius 3 is 1.55 bits per heavy atom. The molecule has 0 bridgehead atoms. The Morgan fingerprint density at radius 2 is 1.27 bits per heavy atom. The van der Waals surface area contributed by atoms with Crippen molar-refractivity contribution in [2.75, 3.05) is 38.0 Å². The highest BCUT2D eigenvalue weighted by atomic mass is 28.2. The van der Waals surface area contributed by atoms with Crippen LogP contribution >= 0.6 is 0 Å². The standard InChI is InChI=1S/C6H12N4Si/c1-9(2)5-6(10(3)4)8-11-7-5/h1-4H3/q+2. The van der Waals surface area contributed by atoms with E-state index in [2.05, 4.69) is 9.28 Å². The van der Waals surface area contributed by atoms with E-state index >= 15 is 0 Å². The van der Waals surface area contributed by atoms with Crippen molar-refractivity contribution < 1.29 is 0 Å². The average Bonchev–Trinajstić information content (AvgIpc) is 2.32. The van der Waals surface area contributed by atoms with Gasteiger partial charge in [-0.1, -0.05) is 0 Å². The van der Waals surface area contributed by atoms with E-state index in [0.717, 1.165) is 11.6 Å². The van der Waals surface area contributed by atoms with Gasteiger partial charge in [0, 0.05) is 28.2 Å². The molecule has 0 fully saturated rings. The zero-order valence-corrected chi connectivity index (χ0v) is 8.29. The third-order valence-corrected chi connectivity index (χ3v) is 1.98. The average molecular weight is 168 g/mol. The van der Waals surface area contributed by atoms with Gasteiger partial charge in [0.1, 0.15) is 9.28 Å². The molecular weight excluding hydrogens is 156 g/mol. The van der Waals surface area contributed by atoms with E-state index in [-0.39, 0.29) is 0 Å². The van der Waals surface area contributed by atoms with Gasteiger partial charge in [-0.25, -0.2) is 0 Å². The van der Waals surface area contributed by atoms with Gasteiger partial charge in [0.2, 0.25) is 0 Å². The first-order chi connectivity index (χ1) is 5.13. The summed E-state index contributed by atoms with van der Waals surface area (Å²) in [5.74, 6) is 1.96. The molecule has 0 aliphatic carbocycles. The van der Waals surface area contributed by atoms with Gasteiger partial charge in [-0.15, -0.1) is 0 Å². The molecule has 5 heteroatoms. The van der Waals surface area contributed by atoms with E-state index < -0.39 is 0 Å². The zero-order chi connectivity index (χ0) is 8.43. The van der Waals surface area contributed by atoms with E-state index in [0.29, 0.717) is 9.46 Å². The van der Waals surface area contributed by atoms with Crippen LogP contribution in [-0.4, -0.2) is 46.9 Å². The number of aromatic nitrogens is 2. The molecule has 1 heterocycles. The molecule has 0 aliphatic heterocycles. The Morgan fingerprint density at radius 1 is 0.909 bits per heavy atom. The van der Waals surface area contributed by atoms with Gasteiger partial charge in [-0.05, 0) is 0 Å². The largest absolute Gasteiger partial charge is 1.37 e. The molecule has 0 radical (unpaired) electrons. The van der Waals surface area contributed by atoms with Crippen molar-refractivity contribution in [1.82, 2.24) is 9.28 Å². The van der Waals surface area contributed by atoms with Crippen molar-refractivity contribution in [2.45, 2.75) is 0 Å². The van der Waals surface area contributed by atoms with E-state index in [1.165, 1.54) is 0 Å². The Kier molecular flexibility index (Phi) is 2.28. The molecule has 58 valence electrons. The second-order valence-electron chi connectivity index (χ2n) is 2.76. The van der Waals surface area contributed by atoms with Crippen molar-refractivity contribution in [1.29, 1.82) is 0 Å². The van der Waals surface area contributed by atoms with Crippen molar-refractivity contribution in [2.24, 2.45) is 0 Å². The Bertz CT molecular complexity index is 208. The fourth-order valence-corrected chi connectivity index (χ4v) is 1.66. The number of nitrogens with zero attached hydrogens (tertiary/aromatic N) is 4. The minimum atomic E-state index is 0.347. The van der Waals surface area contributed by atoms with Gasteiger partial charge in [-0.2, -0.15) is 0 Å². The van der Waals surface area contributed by atoms with Gasteiger partial charge in [0.25, 0.3) is 11.6 Å². The molecule has 0 saturated carbocycles. The molecule has 0 atom stereocenters. The van der Waals surface area contributed by atoms with Crippen LogP contribution in [0.1, 0.15) is 0 Å². The van der Waals surface area contributed by atoms with E-state index in [4.69, 9.17) is 0 Å². The normalized spacial score (nSPS) is 9.45. The lowest BCUT2D eigenvalue weighted by Gasteiger charge is -2.10. The predicted octanol–water partition coefficient (Wildman–Crippen LogP) is -0.334. The van der Waals surface area contributed by atoms with Crippen LogP contribution in [0.5, 0.6) is 0 Å². The summed E-state index contributed by atoms with van der Waals surface area (Å²) >= 11 is 0. The molecule has 0 amide bonds. The van der Waals surface area contributed by atoms with Crippen molar-refractivity contribution >= 4 is 21.1 Å². The highest BCUT2D eigenvalue weighted by Gasteiger charge is 2.36. The molecule has 11 heavy (non-hydrogen) atoms. The molecule has 1 aromatic rings. The highest BCUT2D eigenvalue weighted by Crippen LogP contribution is 2.18. The third-order valence-electron chi connectivity index (χ3n) is 1.36. The first-order valence-corrected chi connectivity index (χ1v) is 4.27.